The van der Waals surface area contributed by atoms with Gasteiger partial charge in [-0.15, -0.1) is 5.26 Å². The zero-order chi connectivity index (χ0) is 9.68. The standard InChI is InChI=1S/C9H8N2OS/c1-11(9(13)12-7-10)8-5-3-2-4-6-8/h2-6H,1H3. The van der Waals surface area contributed by atoms with Crippen LogP contribution in [0, 0.1) is 11.5 Å². The zero-order valence-corrected chi connectivity index (χ0v) is 7.91. The quantitative estimate of drug-likeness (QED) is 0.503. The van der Waals surface area contributed by atoms with E-state index in [4.69, 9.17) is 17.5 Å². The Kier molecular flexibility index (Phi) is 3.23. The first-order valence-corrected chi connectivity index (χ1v) is 4.05. The molecule has 0 radical (unpaired) electrons. The van der Waals surface area contributed by atoms with Gasteiger partial charge in [-0.25, -0.2) is 0 Å². The number of nitrogens with zero attached hydrogens (tertiary/aromatic N) is 2. The van der Waals surface area contributed by atoms with Crippen LogP contribution in [0.5, 0.6) is 0 Å². The summed E-state index contributed by atoms with van der Waals surface area (Å²) in [6.07, 6.45) is 1.54. The van der Waals surface area contributed by atoms with Crippen molar-refractivity contribution in [2.45, 2.75) is 0 Å². The fourth-order valence-corrected chi connectivity index (χ4v) is 1.01. The lowest BCUT2D eigenvalue weighted by atomic mass is 10.3. The smallest absolute Gasteiger partial charge is 0.294 e. The summed E-state index contributed by atoms with van der Waals surface area (Å²) in [6, 6.07) is 9.45. The molecule has 1 aromatic rings. The predicted molar refractivity (Wildman–Crippen MR) is 54.1 cm³/mol. The maximum absolute atomic E-state index is 8.25. The number of para-hydroxylation sites is 1. The summed E-state index contributed by atoms with van der Waals surface area (Å²) in [5.74, 6) is 0. The number of benzene rings is 1. The summed E-state index contributed by atoms with van der Waals surface area (Å²) in [5.41, 5.74) is 0.891. The maximum Gasteiger partial charge on any atom is 0.294 e. The third kappa shape index (κ3) is 2.42. The fraction of sp³-hybridized carbons (Fsp3) is 0.111. The molecule has 0 aliphatic heterocycles. The molecule has 0 bridgehead atoms. The lowest BCUT2D eigenvalue weighted by Gasteiger charge is -2.16. The number of nitriles is 1. The van der Waals surface area contributed by atoms with Crippen LogP contribution in [0.2, 0.25) is 0 Å². The third-order valence-corrected chi connectivity index (χ3v) is 1.91. The molecule has 0 unspecified atom stereocenters. The van der Waals surface area contributed by atoms with Crippen LogP contribution in [0.3, 0.4) is 0 Å². The van der Waals surface area contributed by atoms with E-state index in [9.17, 15) is 0 Å². The Morgan fingerprint density at radius 3 is 2.62 bits per heavy atom. The Labute approximate surface area is 82.2 Å². The van der Waals surface area contributed by atoms with Crippen molar-refractivity contribution in [3.8, 4) is 6.26 Å². The van der Waals surface area contributed by atoms with Gasteiger partial charge in [0.1, 0.15) is 0 Å². The molecular weight excluding hydrogens is 184 g/mol. The van der Waals surface area contributed by atoms with Crippen molar-refractivity contribution in [1.82, 2.24) is 0 Å². The van der Waals surface area contributed by atoms with Crippen molar-refractivity contribution >= 4 is 23.1 Å². The van der Waals surface area contributed by atoms with Crippen molar-refractivity contribution in [3.63, 3.8) is 0 Å². The molecule has 0 aromatic heterocycles. The number of ether oxygens (including phenoxy) is 1. The minimum absolute atomic E-state index is 0.147. The van der Waals surface area contributed by atoms with Crippen LogP contribution in [0.15, 0.2) is 30.3 Å². The van der Waals surface area contributed by atoms with Gasteiger partial charge in [-0.1, -0.05) is 18.2 Å². The highest BCUT2D eigenvalue weighted by molar-refractivity contribution is 7.80. The second-order valence-corrected chi connectivity index (χ2v) is 2.70. The Bertz CT molecular complexity index is 331. The Morgan fingerprint density at radius 2 is 2.08 bits per heavy atom. The van der Waals surface area contributed by atoms with Crippen LogP contribution in [0.25, 0.3) is 0 Å². The molecule has 66 valence electrons. The van der Waals surface area contributed by atoms with Crippen molar-refractivity contribution in [2.24, 2.45) is 0 Å². The van der Waals surface area contributed by atoms with E-state index >= 15 is 0 Å². The number of rotatable bonds is 1. The SMILES string of the molecule is CN(C(=S)OC#N)c1ccccc1. The first-order valence-electron chi connectivity index (χ1n) is 3.64. The Hall–Kier alpha value is -1.60. The molecule has 13 heavy (non-hydrogen) atoms. The van der Waals surface area contributed by atoms with Crippen LogP contribution < -0.4 is 4.90 Å². The van der Waals surface area contributed by atoms with Crippen LogP contribution in [-0.2, 0) is 4.74 Å². The van der Waals surface area contributed by atoms with Crippen LogP contribution in [0.1, 0.15) is 0 Å². The van der Waals surface area contributed by atoms with Gasteiger partial charge in [-0.2, -0.15) is 0 Å². The lowest BCUT2D eigenvalue weighted by molar-refractivity contribution is 0.501. The van der Waals surface area contributed by atoms with E-state index in [0.717, 1.165) is 5.69 Å². The molecule has 4 heteroatoms. The highest BCUT2D eigenvalue weighted by atomic mass is 32.1. The highest BCUT2D eigenvalue weighted by Gasteiger charge is 2.06. The second kappa shape index (κ2) is 4.43. The number of hydrogen-bond donors (Lipinski definition) is 0. The Balaban J connectivity index is 2.75. The molecule has 0 aliphatic rings. The molecule has 0 saturated carbocycles. The van der Waals surface area contributed by atoms with Gasteiger partial charge in [-0.05, 0) is 24.4 Å². The summed E-state index contributed by atoms with van der Waals surface area (Å²) >= 11 is 4.84. The summed E-state index contributed by atoms with van der Waals surface area (Å²) in [5, 5.41) is 8.39. The average molecular weight is 192 g/mol. The van der Waals surface area contributed by atoms with Gasteiger partial charge in [0, 0.05) is 12.7 Å². The van der Waals surface area contributed by atoms with Gasteiger partial charge in [0.25, 0.3) is 11.4 Å². The monoisotopic (exact) mass is 192 g/mol. The predicted octanol–water partition coefficient (Wildman–Crippen LogP) is 1.91. The first-order chi connectivity index (χ1) is 6.25. The molecule has 0 N–H and O–H groups in total. The average Bonchev–Trinajstić information content (AvgIpc) is 2.18. The van der Waals surface area contributed by atoms with Crippen LogP contribution in [0.4, 0.5) is 5.69 Å². The van der Waals surface area contributed by atoms with Gasteiger partial charge >= 0.3 is 0 Å². The molecule has 0 atom stereocenters. The van der Waals surface area contributed by atoms with Gasteiger partial charge in [0.05, 0.1) is 0 Å². The molecular formula is C9H8N2OS. The topological polar surface area (TPSA) is 36.3 Å². The molecule has 3 nitrogen and oxygen atoms in total. The van der Waals surface area contributed by atoms with E-state index in [1.165, 1.54) is 6.26 Å². The molecule has 1 rings (SSSR count). The molecule has 0 spiro atoms. The molecule has 0 amide bonds. The highest BCUT2D eigenvalue weighted by Crippen LogP contribution is 2.11. The van der Waals surface area contributed by atoms with E-state index in [2.05, 4.69) is 4.74 Å². The van der Waals surface area contributed by atoms with Gasteiger partial charge in [0.2, 0.25) is 0 Å². The summed E-state index contributed by atoms with van der Waals surface area (Å²) < 4.78 is 4.52. The third-order valence-electron chi connectivity index (χ3n) is 1.55. The molecule has 0 heterocycles. The summed E-state index contributed by atoms with van der Waals surface area (Å²) in [7, 11) is 1.75. The first kappa shape index (κ1) is 9.49. The summed E-state index contributed by atoms with van der Waals surface area (Å²) in [4.78, 5) is 1.62. The number of hydrogen-bond acceptors (Lipinski definition) is 3. The number of anilines is 1. The van der Waals surface area contributed by atoms with E-state index in [0.29, 0.717) is 0 Å². The fourth-order valence-electron chi connectivity index (χ4n) is 0.865. The number of thiocarbonyl (C=S) groups is 1. The van der Waals surface area contributed by atoms with Crippen molar-refractivity contribution in [1.29, 1.82) is 5.26 Å². The maximum atomic E-state index is 8.25. The van der Waals surface area contributed by atoms with E-state index < -0.39 is 0 Å². The van der Waals surface area contributed by atoms with E-state index in [1.807, 2.05) is 30.3 Å². The minimum Gasteiger partial charge on any atom is -0.358 e. The largest absolute Gasteiger partial charge is 0.358 e. The van der Waals surface area contributed by atoms with Gasteiger partial charge in [0.15, 0.2) is 0 Å². The lowest BCUT2D eigenvalue weighted by Crippen LogP contribution is -2.25. The van der Waals surface area contributed by atoms with Crippen LogP contribution >= 0.6 is 12.2 Å². The normalized spacial score (nSPS) is 8.62. The van der Waals surface area contributed by atoms with Crippen molar-refractivity contribution in [3.05, 3.63) is 30.3 Å². The molecule has 0 aliphatic carbocycles. The zero-order valence-electron chi connectivity index (χ0n) is 7.10. The van der Waals surface area contributed by atoms with Crippen molar-refractivity contribution in [2.75, 3.05) is 11.9 Å². The van der Waals surface area contributed by atoms with E-state index in [-0.39, 0.29) is 5.17 Å². The molecule has 0 fully saturated rings. The Morgan fingerprint density at radius 1 is 1.46 bits per heavy atom. The minimum atomic E-state index is 0.147. The van der Waals surface area contributed by atoms with Gasteiger partial charge < -0.3 is 9.64 Å². The molecule has 1 aromatic carbocycles. The van der Waals surface area contributed by atoms with E-state index in [1.54, 1.807) is 11.9 Å². The summed E-state index contributed by atoms with van der Waals surface area (Å²) in [6.45, 7) is 0. The molecule has 0 saturated heterocycles. The van der Waals surface area contributed by atoms with Crippen LogP contribution in [-0.4, -0.2) is 12.2 Å². The second-order valence-electron chi connectivity index (χ2n) is 2.35. The van der Waals surface area contributed by atoms with Gasteiger partial charge in [-0.3, -0.25) is 0 Å². The van der Waals surface area contributed by atoms with Crippen molar-refractivity contribution < 1.29 is 4.74 Å².